The average molecular weight is 416 g/mol. The molecule has 0 atom stereocenters. The smallest absolute Gasteiger partial charge is 0.136 e. The Morgan fingerprint density at radius 3 is 1.87 bits per heavy atom. The van der Waals surface area contributed by atoms with Gasteiger partial charge in [0.2, 0.25) is 0 Å². The molecular formula is C26H19F2NS. The quantitative estimate of drug-likeness (QED) is 0.246. The molecule has 0 spiro atoms. The summed E-state index contributed by atoms with van der Waals surface area (Å²) in [6, 6.07) is 17.6. The molecule has 148 valence electrons. The largest absolute Gasteiger partial charge is 0.206 e. The molecule has 1 aliphatic rings. The van der Waals surface area contributed by atoms with Crippen LogP contribution in [-0.2, 0) is 0 Å². The van der Waals surface area contributed by atoms with E-state index in [-0.39, 0.29) is 11.3 Å². The molecule has 0 aliphatic heterocycles. The average Bonchev–Trinajstić information content (AvgIpc) is 3.28. The molecule has 30 heavy (non-hydrogen) atoms. The molecule has 0 radical (unpaired) electrons. The number of hydrogen-bond acceptors (Lipinski definition) is 2. The highest BCUT2D eigenvalue weighted by Gasteiger charge is 2.16. The zero-order valence-electron chi connectivity index (χ0n) is 16.3. The van der Waals surface area contributed by atoms with Crippen molar-refractivity contribution < 1.29 is 8.78 Å². The van der Waals surface area contributed by atoms with Crippen LogP contribution >= 0.6 is 12.2 Å². The summed E-state index contributed by atoms with van der Waals surface area (Å²) in [5.74, 6) is 5.57. The minimum atomic E-state index is -0.694. The maximum absolute atomic E-state index is 14.3. The number of benzene rings is 3. The maximum atomic E-state index is 14.3. The number of rotatable bonds is 3. The van der Waals surface area contributed by atoms with Gasteiger partial charge in [-0.2, -0.15) is 4.99 Å². The molecule has 0 aromatic heterocycles. The van der Waals surface area contributed by atoms with Crippen molar-refractivity contribution in [2.24, 2.45) is 4.99 Å². The van der Waals surface area contributed by atoms with Crippen LogP contribution in [0.4, 0.5) is 14.5 Å². The first-order valence-corrected chi connectivity index (χ1v) is 10.3. The lowest BCUT2D eigenvalue weighted by molar-refractivity contribution is 0.590. The third kappa shape index (κ3) is 4.54. The number of hydrogen-bond donors (Lipinski definition) is 0. The van der Waals surface area contributed by atoms with Gasteiger partial charge in [0, 0.05) is 23.3 Å². The van der Waals surface area contributed by atoms with Crippen LogP contribution in [0, 0.1) is 23.5 Å². The van der Waals surface area contributed by atoms with Crippen molar-refractivity contribution in [1.82, 2.24) is 0 Å². The molecule has 0 heterocycles. The van der Waals surface area contributed by atoms with E-state index in [0.717, 1.165) is 23.3 Å². The molecule has 1 aliphatic carbocycles. The predicted molar refractivity (Wildman–Crippen MR) is 120 cm³/mol. The van der Waals surface area contributed by atoms with E-state index in [9.17, 15) is 8.78 Å². The molecule has 3 aromatic carbocycles. The summed E-state index contributed by atoms with van der Waals surface area (Å²) in [6.07, 6.45) is 5.20. The van der Waals surface area contributed by atoms with Crippen molar-refractivity contribution in [1.29, 1.82) is 0 Å². The fourth-order valence-electron chi connectivity index (χ4n) is 3.92. The van der Waals surface area contributed by atoms with E-state index in [2.05, 4.69) is 58.5 Å². The van der Waals surface area contributed by atoms with E-state index >= 15 is 0 Å². The molecule has 0 N–H and O–H groups in total. The fraction of sp³-hybridized carbons (Fsp3) is 0.192. The summed E-state index contributed by atoms with van der Waals surface area (Å²) in [4.78, 5) is 3.62. The Morgan fingerprint density at radius 2 is 1.33 bits per heavy atom. The molecule has 1 fully saturated rings. The van der Waals surface area contributed by atoms with Gasteiger partial charge in [0.1, 0.15) is 11.6 Å². The van der Waals surface area contributed by atoms with Gasteiger partial charge < -0.3 is 0 Å². The SMILES string of the molecule is Fc1cc(N=C=S)cc(F)c1-c1ccc(C#Cc2ccc(C3CCCC3)cc2)cc1. The lowest BCUT2D eigenvalue weighted by Crippen LogP contribution is -1.91. The van der Waals surface area contributed by atoms with Crippen LogP contribution < -0.4 is 0 Å². The molecular weight excluding hydrogens is 396 g/mol. The highest BCUT2D eigenvalue weighted by atomic mass is 32.1. The van der Waals surface area contributed by atoms with E-state index in [1.165, 1.54) is 31.2 Å². The Balaban J connectivity index is 1.52. The van der Waals surface area contributed by atoms with E-state index in [0.29, 0.717) is 11.5 Å². The number of aliphatic imine (C=N–C) groups is 1. The highest BCUT2D eigenvalue weighted by Crippen LogP contribution is 2.34. The Kier molecular flexibility index (Phi) is 6.14. The van der Waals surface area contributed by atoms with E-state index < -0.39 is 11.6 Å². The van der Waals surface area contributed by atoms with Gasteiger partial charge in [0.05, 0.1) is 16.4 Å². The molecule has 1 saturated carbocycles. The van der Waals surface area contributed by atoms with Crippen molar-refractivity contribution >= 4 is 23.1 Å². The predicted octanol–water partition coefficient (Wildman–Crippen LogP) is 7.42. The van der Waals surface area contributed by atoms with Crippen LogP contribution in [-0.4, -0.2) is 5.16 Å². The maximum Gasteiger partial charge on any atom is 0.136 e. The zero-order valence-corrected chi connectivity index (χ0v) is 17.1. The number of halogens is 2. The molecule has 4 rings (SSSR count). The topological polar surface area (TPSA) is 12.4 Å². The molecule has 0 saturated heterocycles. The summed E-state index contributed by atoms with van der Waals surface area (Å²) in [5.41, 5.74) is 3.57. The first kappa shape index (κ1) is 20.2. The van der Waals surface area contributed by atoms with Gasteiger partial charge in [-0.25, -0.2) is 8.78 Å². The lowest BCUT2D eigenvalue weighted by Gasteiger charge is -2.08. The first-order valence-electron chi connectivity index (χ1n) is 9.93. The summed E-state index contributed by atoms with van der Waals surface area (Å²) in [5, 5.41) is 2.11. The van der Waals surface area contributed by atoms with Crippen molar-refractivity contribution in [2.45, 2.75) is 31.6 Å². The number of nitrogens with zero attached hydrogens (tertiary/aromatic N) is 1. The van der Waals surface area contributed by atoms with Crippen LogP contribution in [0.15, 0.2) is 65.7 Å². The molecule has 0 bridgehead atoms. The second-order valence-electron chi connectivity index (χ2n) is 7.42. The normalized spacial score (nSPS) is 13.4. The van der Waals surface area contributed by atoms with Crippen LogP contribution in [0.1, 0.15) is 48.3 Å². The highest BCUT2D eigenvalue weighted by molar-refractivity contribution is 7.78. The molecule has 4 heteroatoms. The van der Waals surface area contributed by atoms with E-state index in [1.807, 2.05) is 0 Å². The minimum absolute atomic E-state index is 0.0969. The Morgan fingerprint density at radius 1 is 0.800 bits per heavy atom. The summed E-state index contributed by atoms with van der Waals surface area (Å²) >= 11 is 4.48. The van der Waals surface area contributed by atoms with Crippen molar-refractivity contribution in [2.75, 3.05) is 0 Å². The molecule has 1 nitrogen and oxygen atoms in total. The molecule has 3 aromatic rings. The number of isothiocyanates is 1. The van der Waals surface area contributed by atoms with Crippen LogP contribution in [0.25, 0.3) is 11.1 Å². The van der Waals surface area contributed by atoms with E-state index in [4.69, 9.17) is 0 Å². The van der Waals surface area contributed by atoms with Crippen molar-refractivity contribution in [3.8, 4) is 23.0 Å². The summed E-state index contributed by atoms with van der Waals surface area (Å²) in [7, 11) is 0. The molecule has 0 amide bonds. The summed E-state index contributed by atoms with van der Waals surface area (Å²) in [6.45, 7) is 0. The minimum Gasteiger partial charge on any atom is -0.206 e. The van der Waals surface area contributed by atoms with Gasteiger partial charge in [-0.3, -0.25) is 0 Å². The Hall–Kier alpha value is -3.12. The zero-order chi connectivity index (χ0) is 20.9. The van der Waals surface area contributed by atoms with Crippen molar-refractivity contribution in [3.63, 3.8) is 0 Å². The van der Waals surface area contributed by atoms with Gasteiger partial charge >= 0.3 is 0 Å². The van der Waals surface area contributed by atoms with Gasteiger partial charge in [0.15, 0.2) is 0 Å². The summed E-state index contributed by atoms with van der Waals surface area (Å²) < 4.78 is 28.7. The van der Waals surface area contributed by atoms with Crippen LogP contribution in [0.2, 0.25) is 0 Å². The van der Waals surface area contributed by atoms with E-state index in [1.54, 1.807) is 24.3 Å². The third-order valence-corrected chi connectivity index (χ3v) is 5.55. The monoisotopic (exact) mass is 415 g/mol. The standard InChI is InChI=1S/C26H19F2NS/c27-24-15-23(29-17-30)16-25(28)26(24)22-13-9-19(10-14-22)6-5-18-7-11-21(12-8-18)20-3-1-2-4-20/h7-16,20H,1-4H2. The lowest BCUT2D eigenvalue weighted by atomic mass is 9.97. The fourth-order valence-corrected chi connectivity index (χ4v) is 4.02. The second-order valence-corrected chi connectivity index (χ2v) is 7.60. The van der Waals surface area contributed by atoms with Gasteiger partial charge in [-0.15, -0.1) is 0 Å². The first-order chi connectivity index (χ1) is 14.6. The number of thiocarbonyl (C=S) groups is 1. The Bertz CT molecular complexity index is 1140. The van der Waals surface area contributed by atoms with Gasteiger partial charge in [-0.1, -0.05) is 48.9 Å². The van der Waals surface area contributed by atoms with Gasteiger partial charge in [0.25, 0.3) is 0 Å². The van der Waals surface area contributed by atoms with Crippen LogP contribution in [0.3, 0.4) is 0 Å². The van der Waals surface area contributed by atoms with Crippen LogP contribution in [0.5, 0.6) is 0 Å². The van der Waals surface area contributed by atoms with Crippen molar-refractivity contribution in [3.05, 3.63) is 89.0 Å². The molecule has 0 unspecified atom stereocenters. The second kappa shape index (κ2) is 9.13. The third-order valence-electron chi connectivity index (χ3n) is 5.46. The Labute approximate surface area is 180 Å². The van der Waals surface area contributed by atoms with Gasteiger partial charge in [-0.05, 0) is 66.4 Å².